The molecule has 1 saturated heterocycles. The van der Waals surface area contributed by atoms with Crippen molar-refractivity contribution < 1.29 is 10.2 Å². The van der Waals surface area contributed by atoms with E-state index >= 15 is 0 Å². The second kappa shape index (κ2) is 4.77. The molecule has 0 aliphatic carbocycles. The summed E-state index contributed by atoms with van der Waals surface area (Å²) < 4.78 is 0. The van der Waals surface area contributed by atoms with Crippen molar-refractivity contribution in [1.29, 1.82) is 0 Å². The molecule has 0 saturated carbocycles. The molecule has 3 N–H and O–H groups in total. The molecule has 1 rings (SSSR count). The van der Waals surface area contributed by atoms with E-state index in [0.717, 1.165) is 19.5 Å². The van der Waals surface area contributed by atoms with Crippen molar-refractivity contribution >= 4 is 0 Å². The highest BCUT2D eigenvalue weighted by Crippen LogP contribution is 2.06. The Morgan fingerprint density at radius 3 is 2.58 bits per heavy atom. The molecule has 0 spiro atoms. The van der Waals surface area contributed by atoms with Gasteiger partial charge in [-0.05, 0) is 20.0 Å². The molecule has 0 bridgehead atoms. The van der Waals surface area contributed by atoms with Crippen molar-refractivity contribution in [3.63, 3.8) is 0 Å². The zero-order valence-electron chi connectivity index (χ0n) is 7.53. The monoisotopic (exact) mass is 174 g/mol. The predicted octanol–water partition coefficient (Wildman–Crippen LogP) is -1.37. The lowest BCUT2D eigenvalue weighted by Gasteiger charge is -2.18. The summed E-state index contributed by atoms with van der Waals surface area (Å²) >= 11 is 0. The quantitative estimate of drug-likeness (QED) is 0.492. The van der Waals surface area contributed by atoms with Crippen LogP contribution in [0.3, 0.4) is 0 Å². The summed E-state index contributed by atoms with van der Waals surface area (Å²) in [6.07, 6.45) is 1.10. The summed E-state index contributed by atoms with van der Waals surface area (Å²) in [5.41, 5.74) is 0. The summed E-state index contributed by atoms with van der Waals surface area (Å²) in [7, 11) is 2.08. The topological polar surface area (TPSA) is 55.7 Å². The van der Waals surface area contributed by atoms with Crippen LogP contribution in [0.25, 0.3) is 0 Å². The second-order valence-electron chi connectivity index (χ2n) is 3.48. The number of likely N-dealkylation sites (N-methyl/N-ethyl adjacent to an activating group) is 1. The van der Waals surface area contributed by atoms with E-state index in [-0.39, 0.29) is 19.3 Å². The number of nitrogens with one attached hydrogen (secondary N) is 1. The first-order valence-corrected chi connectivity index (χ1v) is 4.42. The summed E-state index contributed by atoms with van der Waals surface area (Å²) in [6, 6.07) is 0.279. The Kier molecular flexibility index (Phi) is 3.94. The third-order valence-electron chi connectivity index (χ3n) is 2.30. The summed E-state index contributed by atoms with van der Waals surface area (Å²) in [4.78, 5) is 2.24. The molecule has 4 nitrogen and oxygen atoms in total. The van der Waals surface area contributed by atoms with Crippen molar-refractivity contribution in [2.24, 2.45) is 0 Å². The van der Waals surface area contributed by atoms with Crippen LogP contribution in [0.2, 0.25) is 0 Å². The van der Waals surface area contributed by atoms with E-state index < -0.39 is 0 Å². The maximum Gasteiger partial charge on any atom is 0.0607 e. The van der Waals surface area contributed by atoms with Crippen molar-refractivity contribution in [1.82, 2.24) is 10.2 Å². The molecule has 0 amide bonds. The van der Waals surface area contributed by atoms with Gasteiger partial charge in [-0.15, -0.1) is 0 Å². The molecule has 4 heteroatoms. The second-order valence-corrected chi connectivity index (χ2v) is 3.48. The van der Waals surface area contributed by atoms with Gasteiger partial charge in [0.1, 0.15) is 0 Å². The van der Waals surface area contributed by atoms with E-state index in [9.17, 15) is 0 Å². The van der Waals surface area contributed by atoms with Gasteiger partial charge in [0.2, 0.25) is 0 Å². The number of aliphatic hydroxyl groups excluding tert-OH is 2. The predicted molar refractivity (Wildman–Crippen MR) is 47.0 cm³/mol. The molecule has 1 heterocycles. The molecule has 0 radical (unpaired) electrons. The molecular weight excluding hydrogens is 156 g/mol. The molecule has 1 fully saturated rings. The van der Waals surface area contributed by atoms with E-state index in [0.29, 0.717) is 6.04 Å². The van der Waals surface area contributed by atoms with Crippen LogP contribution in [-0.2, 0) is 0 Å². The minimum atomic E-state index is -0.151. The minimum absolute atomic E-state index is 0.0106. The van der Waals surface area contributed by atoms with Gasteiger partial charge >= 0.3 is 0 Å². The maximum atomic E-state index is 8.82. The zero-order chi connectivity index (χ0) is 8.97. The lowest BCUT2D eigenvalue weighted by Crippen LogP contribution is -2.43. The number of hydrogen-bond donors (Lipinski definition) is 3. The van der Waals surface area contributed by atoms with Gasteiger partial charge in [0.05, 0.1) is 19.3 Å². The van der Waals surface area contributed by atoms with Crippen LogP contribution in [0.4, 0.5) is 0 Å². The Morgan fingerprint density at radius 1 is 1.50 bits per heavy atom. The molecule has 12 heavy (non-hydrogen) atoms. The largest absolute Gasteiger partial charge is 0.395 e. The highest BCUT2D eigenvalue weighted by Gasteiger charge is 2.21. The van der Waals surface area contributed by atoms with Gasteiger partial charge in [0, 0.05) is 12.6 Å². The van der Waals surface area contributed by atoms with Gasteiger partial charge in [0.15, 0.2) is 0 Å². The fraction of sp³-hybridized carbons (Fsp3) is 1.00. The third kappa shape index (κ3) is 2.71. The van der Waals surface area contributed by atoms with Gasteiger partial charge in [-0.25, -0.2) is 0 Å². The standard InChI is InChI=1S/C8H18N2O2/c1-10-3-2-7(4-10)9-8(5-11)6-12/h7-9,11-12H,2-6H2,1H3. The number of rotatable bonds is 4. The molecule has 1 aliphatic rings. The first kappa shape index (κ1) is 9.92. The summed E-state index contributed by atoms with van der Waals surface area (Å²) in [6.45, 7) is 2.13. The van der Waals surface area contributed by atoms with Gasteiger partial charge in [-0.1, -0.05) is 0 Å². The van der Waals surface area contributed by atoms with Crippen molar-refractivity contribution in [2.75, 3.05) is 33.4 Å². The highest BCUT2D eigenvalue weighted by molar-refractivity contribution is 4.81. The lowest BCUT2D eigenvalue weighted by molar-refractivity contribution is 0.162. The molecule has 0 aromatic rings. The number of likely N-dealkylation sites (tertiary alicyclic amines) is 1. The fourth-order valence-electron chi connectivity index (χ4n) is 1.57. The van der Waals surface area contributed by atoms with Crippen molar-refractivity contribution in [3.8, 4) is 0 Å². The normalized spacial score (nSPS) is 25.5. The van der Waals surface area contributed by atoms with Gasteiger partial charge in [0.25, 0.3) is 0 Å². The van der Waals surface area contributed by atoms with Crippen molar-refractivity contribution in [3.05, 3.63) is 0 Å². The van der Waals surface area contributed by atoms with Gasteiger partial charge in [-0.2, -0.15) is 0 Å². The smallest absolute Gasteiger partial charge is 0.0607 e. The highest BCUT2D eigenvalue weighted by atomic mass is 16.3. The third-order valence-corrected chi connectivity index (χ3v) is 2.30. The SMILES string of the molecule is CN1CCC(NC(CO)CO)C1. The molecule has 1 atom stereocenters. The number of aliphatic hydroxyl groups is 2. The van der Waals surface area contributed by atoms with E-state index in [1.807, 2.05) is 0 Å². The molecule has 0 aromatic carbocycles. The molecule has 1 unspecified atom stereocenters. The van der Waals surface area contributed by atoms with Crippen molar-refractivity contribution in [2.45, 2.75) is 18.5 Å². The van der Waals surface area contributed by atoms with E-state index in [2.05, 4.69) is 17.3 Å². The zero-order valence-corrected chi connectivity index (χ0v) is 7.53. The molecular formula is C8H18N2O2. The molecule has 72 valence electrons. The molecule has 0 aromatic heterocycles. The number of hydrogen-bond acceptors (Lipinski definition) is 4. The average molecular weight is 174 g/mol. The minimum Gasteiger partial charge on any atom is -0.395 e. The Hall–Kier alpha value is -0.160. The fourth-order valence-corrected chi connectivity index (χ4v) is 1.57. The average Bonchev–Trinajstić information content (AvgIpc) is 2.47. The van der Waals surface area contributed by atoms with E-state index in [4.69, 9.17) is 10.2 Å². The first-order chi connectivity index (χ1) is 5.76. The van der Waals surface area contributed by atoms with Crippen LogP contribution in [0.15, 0.2) is 0 Å². The van der Waals surface area contributed by atoms with Crippen LogP contribution in [0.1, 0.15) is 6.42 Å². The Morgan fingerprint density at radius 2 is 2.17 bits per heavy atom. The van der Waals surface area contributed by atoms with Gasteiger partial charge in [-0.3, -0.25) is 0 Å². The Labute approximate surface area is 73.2 Å². The van der Waals surface area contributed by atoms with E-state index in [1.54, 1.807) is 0 Å². The summed E-state index contributed by atoms with van der Waals surface area (Å²) in [5, 5.41) is 20.8. The summed E-state index contributed by atoms with van der Waals surface area (Å²) in [5.74, 6) is 0. The number of nitrogens with zero attached hydrogens (tertiary/aromatic N) is 1. The lowest BCUT2D eigenvalue weighted by atomic mass is 10.2. The van der Waals surface area contributed by atoms with Crippen LogP contribution in [0, 0.1) is 0 Å². The van der Waals surface area contributed by atoms with Crippen LogP contribution in [0.5, 0.6) is 0 Å². The maximum absolute atomic E-state index is 8.82. The Bertz CT molecular complexity index is 128. The molecule has 1 aliphatic heterocycles. The first-order valence-electron chi connectivity index (χ1n) is 4.42. The Balaban J connectivity index is 2.21. The van der Waals surface area contributed by atoms with Crippen LogP contribution in [-0.4, -0.2) is 60.5 Å². The van der Waals surface area contributed by atoms with Crippen LogP contribution < -0.4 is 5.32 Å². The van der Waals surface area contributed by atoms with Crippen LogP contribution >= 0.6 is 0 Å². The van der Waals surface area contributed by atoms with E-state index in [1.165, 1.54) is 0 Å². The van der Waals surface area contributed by atoms with Gasteiger partial charge < -0.3 is 20.4 Å².